The molecular formula is C22H21NO4S. The smallest absolute Gasteiger partial charge is 0.333 e. The van der Waals surface area contributed by atoms with Crippen molar-refractivity contribution >= 4 is 29.4 Å². The van der Waals surface area contributed by atoms with Gasteiger partial charge in [0.2, 0.25) is 5.91 Å². The Morgan fingerprint density at radius 2 is 1.71 bits per heavy atom. The lowest BCUT2D eigenvalue weighted by molar-refractivity contribution is -0.137. The monoisotopic (exact) mass is 395 g/mol. The van der Waals surface area contributed by atoms with Crippen molar-refractivity contribution in [3.63, 3.8) is 0 Å². The fourth-order valence-corrected chi connectivity index (χ4v) is 3.93. The lowest BCUT2D eigenvalue weighted by Gasteiger charge is -2.16. The number of hydrogen-bond acceptors (Lipinski definition) is 5. The van der Waals surface area contributed by atoms with E-state index in [1.54, 1.807) is 26.0 Å². The van der Waals surface area contributed by atoms with Gasteiger partial charge in [-0.25, -0.2) is 4.79 Å². The lowest BCUT2D eigenvalue weighted by atomic mass is 10.0. The molecule has 1 fully saturated rings. The molecule has 5 nitrogen and oxygen atoms in total. The summed E-state index contributed by atoms with van der Waals surface area (Å²) in [4.78, 5) is 38.2. The third-order valence-corrected chi connectivity index (χ3v) is 5.46. The molecule has 0 aromatic heterocycles. The molecule has 3 rings (SSSR count). The third-order valence-electron chi connectivity index (χ3n) is 4.32. The van der Waals surface area contributed by atoms with Gasteiger partial charge in [-0.3, -0.25) is 14.5 Å². The van der Waals surface area contributed by atoms with Crippen molar-refractivity contribution in [2.45, 2.75) is 19.1 Å². The molecule has 1 aliphatic heterocycles. The summed E-state index contributed by atoms with van der Waals surface area (Å²) in [5, 5.41) is 0.110. The minimum Gasteiger partial charge on any atom is -0.463 e. The molecule has 1 aliphatic rings. The largest absolute Gasteiger partial charge is 0.463 e. The molecule has 0 bridgehead atoms. The van der Waals surface area contributed by atoms with Crippen LogP contribution in [0.4, 0.5) is 0 Å². The van der Waals surface area contributed by atoms with E-state index >= 15 is 0 Å². The Kier molecular flexibility index (Phi) is 6.31. The first-order valence-corrected chi connectivity index (χ1v) is 9.92. The van der Waals surface area contributed by atoms with Gasteiger partial charge in [-0.1, -0.05) is 66.4 Å². The molecular weight excluding hydrogens is 374 g/mol. The van der Waals surface area contributed by atoms with Crippen molar-refractivity contribution in [2.24, 2.45) is 0 Å². The number of Topliss-reactive ketones (excluding diaryl/α,β-unsaturated/α-hetero) is 1. The first-order chi connectivity index (χ1) is 13.5. The van der Waals surface area contributed by atoms with Crippen LogP contribution in [-0.2, 0) is 14.3 Å². The van der Waals surface area contributed by atoms with Crippen LogP contribution in [0, 0.1) is 0 Å². The number of carbonyl (C=O) groups is 3. The van der Waals surface area contributed by atoms with E-state index in [0.29, 0.717) is 10.6 Å². The van der Waals surface area contributed by atoms with Gasteiger partial charge < -0.3 is 4.74 Å². The number of hydrogen-bond donors (Lipinski definition) is 0. The van der Waals surface area contributed by atoms with Crippen LogP contribution < -0.4 is 0 Å². The predicted molar refractivity (Wildman–Crippen MR) is 110 cm³/mol. The Morgan fingerprint density at radius 3 is 2.36 bits per heavy atom. The highest BCUT2D eigenvalue weighted by Gasteiger charge is 2.35. The standard InChI is InChI=1S/C22H21NO4S/c1-3-27-21(25)13-20-23(22(26)15(2)28-20)14-19(24)18-11-9-17(10-12-18)16-7-5-4-6-8-16/h4-13,15H,3,14H2,1-2H3/b20-13+/t15-/m0/s1. The van der Waals surface area contributed by atoms with Gasteiger partial charge in [0.05, 0.1) is 29.5 Å². The molecule has 0 saturated carbocycles. The van der Waals surface area contributed by atoms with Crippen molar-refractivity contribution in [1.29, 1.82) is 0 Å². The summed E-state index contributed by atoms with van der Waals surface area (Å²) in [5.41, 5.74) is 2.61. The Bertz CT molecular complexity index is 906. The van der Waals surface area contributed by atoms with Crippen LogP contribution in [0.25, 0.3) is 11.1 Å². The highest BCUT2D eigenvalue weighted by atomic mass is 32.2. The van der Waals surface area contributed by atoms with Crippen LogP contribution >= 0.6 is 11.8 Å². The highest BCUT2D eigenvalue weighted by Crippen LogP contribution is 2.35. The number of thioether (sulfide) groups is 1. The molecule has 144 valence electrons. The molecule has 0 spiro atoms. The van der Waals surface area contributed by atoms with E-state index in [9.17, 15) is 14.4 Å². The molecule has 1 heterocycles. The van der Waals surface area contributed by atoms with Gasteiger partial charge >= 0.3 is 5.97 Å². The minimum atomic E-state index is -0.517. The van der Waals surface area contributed by atoms with Gasteiger partial charge in [0, 0.05) is 5.56 Å². The van der Waals surface area contributed by atoms with E-state index < -0.39 is 5.97 Å². The summed E-state index contributed by atoms with van der Waals surface area (Å²) < 4.78 is 4.92. The van der Waals surface area contributed by atoms with Crippen molar-refractivity contribution in [3.8, 4) is 11.1 Å². The van der Waals surface area contributed by atoms with E-state index in [1.165, 1.54) is 22.7 Å². The molecule has 6 heteroatoms. The minimum absolute atomic E-state index is 0.105. The molecule has 0 radical (unpaired) electrons. The third kappa shape index (κ3) is 4.51. The van der Waals surface area contributed by atoms with Gasteiger partial charge in [0.15, 0.2) is 5.78 Å². The van der Waals surface area contributed by atoms with E-state index in [1.807, 2.05) is 42.5 Å². The molecule has 2 aromatic rings. The fourth-order valence-electron chi connectivity index (χ4n) is 2.89. The summed E-state index contributed by atoms with van der Waals surface area (Å²) in [6.07, 6.45) is 1.28. The molecule has 1 atom stereocenters. The normalized spacial score (nSPS) is 17.8. The van der Waals surface area contributed by atoms with Gasteiger partial charge in [-0.15, -0.1) is 0 Å². The quantitative estimate of drug-likeness (QED) is 0.422. The summed E-state index contributed by atoms with van der Waals surface area (Å²) >= 11 is 1.26. The zero-order valence-electron chi connectivity index (χ0n) is 15.8. The van der Waals surface area contributed by atoms with Crippen LogP contribution in [0.1, 0.15) is 24.2 Å². The van der Waals surface area contributed by atoms with Crippen molar-refractivity contribution in [2.75, 3.05) is 13.2 Å². The second-order valence-electron chi connectivity index (χ2n) is 6.29. The molecule has 0 N–H and O–H groups in total. The SMILES string of the molecule is CCOC(=O)/C=C1/S[C@@H](C)C(=O)N1CC(=O)c1ccc(-c2ccccc2)cc1. The zero-order valence-corrected chi connectivity index (χ0v) is 16.6. The van der Waals surface area contributed by atoms with Crippen molar-refractivity contribution in [3.05, 3.63) is 71.3 Å². The maximum atomic E-state index is 12.7. The highest BCUT2D eigenvalue weighted by molar-refractivity contribution is 8.04. The average Bonchev–Trinajstić information content (AvgIpc) is 2.96. The first kappa shape index (κ1) is 19.9. The van der Waals surface area contributed by atoms with Crippen LogP contribution in [0.5, 0.6) is 0 Å². The van der Waals surface area contributed by atoms with Gasteiger partial charge in [0.1, 0.15) is 0 Å². The molecule has 28 heavy (non-hydrogen) atoms. The topological polar surface area (TPSA) is 63.7 Å². The average molecular weight is 395 g/mol. The zero-order chi connectivity index (χ0) is 20.1. The van der Waals surface area contributed by atoms with E-state index in [4.69, 9.17) is 4.74 Å². The second kappa shape index (κ2) is 8.89. The summed E-state index contributed by atoms with van der Waals surface area (Å²) in [5.74, 6) is -0.885. The first-order valence-electron chi connectivity index (χ1n) is 9.04. The van der Waals surface area contributed by atoms with Crippen molar-refractivity contribution in [1.82, 2.24) is 4.90 Å². The molecule has 0 unspecified atom stereocenters. The van der Waals surface area contributed by atoms with E-state index in [-0.39, 0.29) is 30.1 Å². The number of rotatable bonds is 6. The number of esters is 1. The number of ether oxygens (including phenoxy) is 1. The van der Waals surface area contributed by atoms with Crippen LogP contribution in [0.3, 0.4) is 0 Å². The van der Waals surface area contributed by atoms with Crippen molar-refractivity contribution < 1.29 is 19.1 Å². The van der Waals surface area contributed by atoms with Gasteiger partial charge in [-0.05, 0) is 25.0 Å². The summed E-state index contributed by atoms with van der Waals surface area (Å²) in [7, 11) is 0. The van der Waals surface area contributed by atoms with Gasteiger partial charge in [0.25, 0.3) is 0 Å². The molecule has 1 amide bonds. The number of carbonyl (C=O) groups excluding carboxylic acids is 3. The number of ketones is 1. The van der Waals surface area contributed by atoms with E-state index in [2.05, 4.69) is 0 Å². The number of nitrogens with zero attached hydrogens (tertiary/aromatic N) is 1. The van der Waals surface area contributed by atoms with Crippen LogP contribution in [0.15, 0.2) is 65.7 Å². The molecule has 2 aromatic carbocycles. The summed E-state index contributed by atoms with van der Waals surface area (Å²) in [6, 6.07) is 17.2. The molecule has 1 saturated heterocycles. The Hall–Kier alpha value is -2.86. The maximum Gasteiger partial charge on any atom is 0.333 e. The predicted octanol–water partition coefficient (Wildman–Crippen LogP) is 3.90. The fraction of sp³-hybridized carbons (Fsp3) is 0.227. The van der Waals surface area contributed by atoms with E-state index in [0.717, 1.165) is 11.1 Å². The second-order valence-corrected chi connectivity index (χ2v) is 7.65. The Balaban J connectivity index is 1.75. The van der Waals surface area contributed by atoms with Crippen LogP contribution in [0.2, 0.25) is 0 Å². The molecule has 0 aliphatic carbocycles. The Labute approximate surface area is 168 Å². The van der Waals surface area contributed by atoms with Crippen LogP contribution in [-0.4, -0.2) is 41.0 Å². The Morgan fingerprint density at radius 1 is 1.07 bits per heavy atom. The summed E-state index contributed by atoms with van der Waals surface area (Å²) in [6.45, 7) is 3.62. The lowest BCUT2D eigenvalue weighted by Crippen LogP contribution is -2.33. The van der Waals surface area contributed by atoms with Gasteiger partial charge in [-0.2, -0.15) is 0 Å². The number of benzene rings is 2. The maximum absolute atomic E-state index is 12.7. The number of amides is 1.